The smallest absolute Gasteiger partial charge is 0.230 e. The summed E-state index contributed by atoms with van der Waals surface area (Å²) in [6, 6.07) is 5.28. The highest BCUT2D eigenvalue weighted by atomic mass is 35.5. The van der Waals surface area contributed by atoms with E-state index in [2.05, 4.69) is 5.32 Å². The number of hydrogen-bond donors (Lipinski definition) is 1. The van der Waals surface area contributed by atoms with Crippen LogP contribution in [-0.2, 0) is 4.79 Å². The first-order valence-electron chi connectivity index (χ1n) is 4.85. The summed E-state index contributed by atoms with van der Waals surface area (Å²) >= 11 is 17.5. The standard InChI is InChI=1S/C11H10Cl3NO/c1-6-4-7(12)2-3-9(6)15-10(16)8-5-11(8,13)14/h2-4,8H,5H2,1H3,(H,15,16). The van der Waals surface area contributed by atoms with Crippen molar-refractivity contribution in [3.05, 3.63) is 28.8 Å². The minimum Gasteiger partial charge on any atom is -0.326 e. The van der Waals surface area contributed by atoms with Crippen LogP contribution in [0.4, 0.5) is 5.69 Å². The Balaban J connectivity index is 2.07. The van der Waals surface area contributed by atoms with Crippen LogP contribution in [0.5, 0.6) is 0 Å². The fourth-order valence-electron chi connectivity index (χ4n) is 1.48. The number of halogens is 3. The number of hydrogen-bond acceptors (Lipinski definition) is 1. The lowest BCUT2D eigenvalue weighted by molar-refractivity contribution is -0.117. The van der Waals surface area contributed by atoms with E-state index >= 15 is 0 Å². The molecule has 5 heteroatoms. The van der Waals surface area contributed by atoms with Gasteiger partial charge in [-0.05, 0) is 37.1 Å². The van der Waals surface area contributed by atoms with Crippen LogP contribution in [-0.4, -0.2) is 10.2 Å². The number of carbonyl (C=O) groups is 1. The van der Waals surface area contributed by atoms with Crippen LogP contribution in [0.2, 0.25) is 5.02 Å². The summed E-state index contributed by atoms with van der Waals surface area (Å²) in [5.74, 6) is -0.457. The predicted octanol–water partition coefficient (Wildman–Crippen LogP) is 3.78. The van der Waals surface area contributed by atoms with Gasteiger partial charge in [-0.3, -0.25) is 4.79 Å². The minimum atomic E-state index is -0.885. The van der Waals surface area contributed by atoms with Crippen molar-refractivity contribution in [3.8, 4) is 0 Å². The maximum atomic E-state index is 11.7. The van der Waals surface area contributed by atoms with Crippen molar-refractivity contribution >= 4 is 46.4 Å². The van der Waals surface area contributed by atoms with Crippen molar-refractivity contribution in [1.29, 1.82) is 0 Å². The Bertz CT molecular complexity index is 445. The average Bonchev–Trinajstić information content (AvgIpc) is 2.80. The number of aryl methyl sites for hydroxylation is 1. The Labute approximate surface area is 109 Å². The molecule has 0 saturated heterocycles. The molecule has 0 heterocycles. The molecule has 0 radical (unpaired) electrons. The van der Waals surface area contributed by atoms with Gasteiger partial charge >= 0.3 is 0 Å². The molecule has 0 aliphatic heterocycles. The highest BCUT2D eigenvalue weighted by Crippen LogP contribution is 2.53. The lowest BCUT2D eigenvalue weighted by Gasteiger charge is -2.08. The predicted molar refractivity (Wildman–Crippen MR) is 67.4 cm³/mol. The van der Waals surface area contributed by atoms with Crippen molar-refractivity contribution < 1.29 is 4.79 Å². The monoisotopic (exact) mass is 277 g/mol. The molecule has 1 saturated carbocycles. The van der Waals surface area contributed by atoms with Crippen LogP contribution in [0.1, 0.15) is 12.0 Å². The van der Waals surface area contributed by atoms with E-state index in [1.165, 1.54) is 0 Å². The molecule has 16 heavy (non-hydrogen) atoms. The van der Waals surface area contributed by atoms with Gasteiger partial charge in [0.05, 0.1) is 5.92 Å². The summed E-state index contributed by atoms with van der Waals surface area (Å²) in [4.78, 5) is 11.7. The van der Waals surface area contributed by atoms with Gasteiger partial charge < -0.3 is 5.32 Å². The number of carbonyl (C=O) groups excluding carboxylic acids is 1. The molecule has 0 spiro atoms. The number of benzene rings is 1. The van der Waals surface area contributed by atoms with Gasteiger partial charge in [0.2, 0.25) is 5.91 Å². The van der Waals surface area contributed by atoms with Gasteiger partial charge in [0, 0.05) is 10.7 Å². The van der Waals surface area contributed by atoms with E-state index in [1.54, 1.807) is 18.2 Å². The highest BCUT2D eigenvalue weighted by molar-refractivity contribution is 6.52. The molecule has 2 rings (SSSR count). The van der Waals surface area contributed by atoms with Crippen LogP contribution in [0.3, 0.4) is 0 Å². The van der Waals surface area contributed by atoms with Gasteiger partial charge in [0.1, 0.15) is 4.33 Å². The van der Waals surface area contributed by atoms with E-state index < -0.39 is 4.33 Å². The van der Waals surface area contributed by atoms with E-state index in [0.717, 1.165) is 11.3 Å². The molecular formula is C11H10Cl3NO. The molecular weight excluding hydrogens is 268 g/mol. The largest absolute Gasteiger partial charge is 0.326 e. The summed E-state index contributed by atoms with van der Waals surface area (Å²) in [5, 5.41) is 3.43. The molecule has 1 amide bonds. The third-order valence-corrected chi connectivity index (χ3v) is 3.66. The first-order chi connectivity index (χ1) is 7.40. The molecule has 1 aromatic carbocycles. The highest BCUT2D eigenvalue weighted by Gasteiger charge is 2.56. The fourth-order valence-corrected chi connectivity index (χ4v) is 2.22. The molecule has 1 aromatic rings. The van der Waals surface area contributed by atoms with E-state index in [9.17, 15) is 4.79 Å². The number of nitrogens with one attached hydrogen (secondary N) is 1. The van der Waals surface area contributed by atoms with E-state index in [-0.39, 0.29) is 11.8 Å². The number of rotatable bonds is 2. The SMILES string of the molecule is Cc1cc(Cl)ccc1NC(=O)C1CC1(Cl)Cl. The fraction of sp³-hybridized carbons (Fsp3) is 0.364. The molecule has 0 bridgehead atoms. The van der Waals surface area contributed by atoms with Crippen LogP contribution in [0.15, 0.2) is 18.2 Å². The number of amides is 1. The van der Waals surface area contributed by atoms with E-state index in [4.69, 9.17) is 34.8 Å². The zero-order chi connectivity index (χ0) is 11.9. The summed E-state index contributed by atoms with van der Waals surface area (Å²) in [7, 11) is 0. The van der Waals surface area contributed by atoms with Gasteiger partial charge in [0.25, 0.3) is 0 Å². The maximum absolute atomic E-state index is 11.7. The summed E-state index contributed by atoms with van der Waals surface area (Å²) < 4.78 is -0.885. The first kappa shape index (κ1) is 12.0. The van der Waals surface area contributed by atoms with Crippen LogP contribution >= 0.6 is 34.8 Å². The summed E-state index contributed by atoms with van der Waals surface area (Å²) in [6.07, 6.45) is 0.509. The molecule has 1 fully saturated rings. The molecule has 86 valence electrons. The third kappa shape index (κ3) is 2.45. The second-order valence-corrected chi connectivity index (χ2v) is 5.95. The van der Waals surface area contributed by atoms with Crippen LogP contribution < -0.4 is 5.32 Å². The lowest BCUT2D eigenvalue weighted by Crippen LogP contribution is -2.17. The molecule has 1 aliphatic carbocycles. The summed E-state index contributed by atoms with van der Waals surface area (Å²) in [5.41, 5.74) is 1.65. The second-order valence-electron chi connectivity index (χ2n) is 3.97. The van der Waals surface area contributed by atoms with Crippen LogP contribution in [0, 0.1) is 12.8 Å². The molecule has 0 aromatic heterocycles. The Morgan fingerprint density at radius 1 is 1.50 bits per heavy atom. The normalized spacial score (nSPS) is 21.6. The third-order valence-electron chi connectivity index (χ3n) is 2.59. The van der Waals surface area contributed by atoms with Crippen molar-refractivity contribution in [3.63, 3.8) is 0 Å². The quantitative estimate of drug-likeness (QED) is 0.820. The zero-order valence-electron chi connectivity index (χ0n) is 8.56. The summed E-state index contributed by atoms with van der Waals surface area (Å²) in [6.45, 7) is 1.88. The molecule has 1 aliphatic rings. The lowest BCUT2D eigenvalue weighted by atomic mass is 10.2. The number of alkyl halides is 2. The molecule has 1 unspecified atom stereocenters. The van der Waals surface area contributed by atoms with Gasteiger partial charge in [-0.1, -0.05) is 11.6 Å². The van der Waals surface area contributed by atoms with Gasteiger partial charge in [0.15, 0.2) is 0 Å². The van der Waals surface area contributed by atoms with E-state index in [1.807, 2.05) is 6.92 Å². The number of anilines is 1. The Hall–Kier alpha value is -0.440. The Kier molecular flexibility index (Phi) is 3.08. The Morgan fingerprint density at radius 2 is 2.12 bits per heavy atom. The van der Waals surface area contributed by atoms with Crippen LogP contribution in [0.25, 0.3) is 0 Å². The second kappa shape index (κ2) is 4.10. The molecule has 2 nitrogen and oxygen atoms in total. The van der Waals surface area contributed by atoms with Crippen molar-refractivity contribution in [2.24, 2.45) is 5.92 Å². The average molecular weight is 279 g/mol. The maximum Gasteiger partial charge on any atom is 0.230 e. The first-order valence-corrected chi connectivity index (χ1v) is 5.98. The van der Waals surface area contributed by atoms with Gasteiger partial charge in [-0.2, -0.15) is 0 Å². The van der Waals surface area contributed by atoms with Crippen molar-refractivity contribution in [1.82, 2.24) is 0 Å². The van der Waals surface area contributed by atoms with E-state index in [0.29, 0.717) is 11.4 Å². The molecule has 1 atom stereocenters. The minimum absolute atomic E-state index is 0.143. The Morgan fingerprint density at radius 3 is 2.62 bits per heavy atom. The van der Waals surface area contributed by atoms with Crippen molar-refractivity contribution in [2.75, 3.05) is 5.32 Å². The topological polar surface area (TPSA) is 29.1 Å². The van der Waals surface area contributed by atoms with Gasteiger partial charge in [-0.25, -0.2) is 0 Å². The van der Waals surface area contributed by atoms with Gasteiger partial charge in [-0.15, -0.1) is 23.2 Å². The van der Waals surface area contributed by atoms with Crippen molar-refractivity contribution in [2.45, 2.75) is 17.7 Å². The zero-order valence-corrected chi connectivity index (χ0v) is 10.8. The molecule has 1 N–H and O–H groups in total.